The first kappa shape index (κ1) is 7.25. The fraction of sp³-hybridized carbons (Fsp3) is 0.800. The van der Waals surface area contributed by atoms with E-state index >= 15 is 0 Å². The van der Waals surface area contributed by atoms with E-state index in [1.165, 1.54) is 0 Å². The molecule has 7 heavy (non-hydrogen) atoms. The Morgan fingerprint density at radius 3 is 2.43 bits per heavy atom. The van der Waals surface area contributed by atoms with Gasteiger partial charge < -0.3 is 4.90 Å². The van der Waals surface area contributed by atoms with E-state index in [0.29, 0.717) is 5.88 Å². The van der Waals surface area contributed by atoms with Crippen LogP contribution < -0.4 is 0 Å². The summed E-state index contributed by atoms with van der Waals surface area (Å²) in [6.07, 6.45) is 0.967. The average Bonchev–Trinajstić information content (AvgIpc) is 1.61. The van der Waals surface area contributed by atoms with Crippen LogP contribution in [0.4, 0.5) is 0 Å². The number of rotatable bonds is 3. The van der Waals surface area contributed by atoms with Gasteiger partial charge in [-0.3, -0.25) is 0 Å². The molecular formula is C5H10ClN. The zero-order chi connectivity index (χ0) is 5.70. The van der Waals surface area contributed by atoms with Gasteiger partial charge in [0.05, 0.1) is 0 Å². The third-order valence-corrected chi connectivity index (χ3v) is 0.912. The van der Waals surface area contributed by atoms with Gasteiger partial charge in [-0.25, -0.2) is 0 Å². The van der Waals surface area contributed by atoms with E-state index in [0.717, 1.165) is 13.0 Å². The van der Waals surface area contributed by atoms with Crippen LogP contribution in [0.25, 0.3) is 0 Å². The van der Waals surface area contributed by atoms with E-state index < -0.39 is 0 Å². The van der Waals surface area contributed by atoms with E-state index in [-0.39, 0.29) is 0 Å². The molecule has 0 saturated carbocycles. The van der Waals surface area contributed by atoms with Crippen LogP contribution in [0.5, 0.6) is 0 Å². The first-order valence-electron chi connectivity index (χ1n) is 2.29. The topological polar surface area (TPSA) is 3.24 Å². The molecule has 42 valence electrons. The lowest BCUT2D eigenvalue weighted by molar-refractivity contribution is 0.450. The third kappa shape index (κ3) is 6.25. The highest BCUT2D eigenvalue weighted by molar-refractivity contribution is 6.17. The van der Waals surface area contributed by atoms with Gasteiger partial charge in [-0.2, -0.15) is 0 Å². The van der Waals surface area contributed by atoms with Gasteiger partial charge >= 0.3 is 0 Å². The lowest BCUT2D eigenvalue weighted by atomic mass is 10.5. The molecule has 0 rings (SSSR count). The molecule has 0 aliphatic heterocycles. The summed E-state index contributed by atoms with van der Waals surface area (Å²) in [6.45, 7) is 0.878. The Morgan fingerprint density at radius 1 is 1.71 bits per heavy atom. The molecule has 0 aromatic carbocycles. The second-order valence-corrected chi connectivity index (χ2v) is 1.90. The summed E-state index contributed by atoms with van der Waals surface area (Å²) in [5, 5.41) is 0. The molecule has 0 heterocycles. The van der Waals surface area contributed by atoms with Gasteiger partial charge in [0, 0.05) is 12.9 Å². The summed E-state index contributed by atoms with van der Waals surface area (Å²) >= 11 is 5.36. The molecule has 0 aromatic heterocycles. The lowest BCUT2D eigenvalue weighted by Gasteiger charge is -2.04. The number of hydrogen-bond donors (Lipinski definition) is 0. The smallest absolute Gasteiger partial charge is 0.0435 e. The van der Waals surface area contributed by atoms with Crippen LogP contribution in [0.1, 0.15) is 6.42 Å². The van der Waals surface area contributed by atoms with Crippen molar-refractivity contribution < 1.29 is 0 Å². The predicted octanol–water partition coefficient (Wildman–Crippen LogP) is 1.22. The van der Waals surface area contributed by atoms with Crippen molar-refractivity contribution in [1.29, 1.82) is 0 Å². The van der Waals surface area contributed by atoms with Gasteiger partial charge in [-0.1, -0.05) is 0 Å². The Kier molecular flexibility index (Phi) is 4.57. The summed E-state index contributed by atoms with van der Waals surface area (Å²) in [5.74, 6) is 0.696. The van der Waals surface area contributed by atoms with Crippen LogP contribution in [-0.2, 0) is 0 Å². The molecule has 1 nitrogen and oxygen atoms in total. The fourth-order valence-electron chi connectivity index (χ4n) is 0.309. The molecule has 0 bridgehead atoms. The Bertz CT molecular complexity index is 37.1. The summed E-state index contributed by atoms with van der Waals surface area (Å²) in [7, 11) is 7.08. The molecular weight excluding hydrogens is 110 g/mol. The standard InChI is InChI=1S/C5H10ClN/c1-7(2)5-3-4-6/h1H,3-5H2,2H3. The van der Waals surface area contributed by atoms with Crippen LogP contribution >= 0.6 is 11.6 Å². The lowest BCUT2D eigenvalue weighted by Crippen LogP contribution is -2.10. The van der Waals surface area contributed by atoms with Gasteiger partial charge in [-0.05, 0) is 20.0 Å². The maximum absolute atomic E-state index is 5.36. The maximum Gasteiger partial charge on any atom is 0.0435 e. The summed E-state index contributed by atoms with van der Waals surface area (Å²) in [6, 6.07) is 0. The number of alkyl halides is 1. The molecule has 0 aromatic rings. The minimum atomic E-state index is 0.696. The van der Waals surface area contributed by atoms with Crippen molar-refractivity contribution in [3.05, 3.63) is 7.05 Å². The molecule has 0 unspecified atom stereocenters. The minimum absolute atomic E-state index is 0.696. The van der Waals surface area contributed by atoms with Crippen molar-refractivity contribution in [2.75, 3.05) is 19.5 Å². The number of nitrogens with zero attached hydrogens (tertiary/aromatic N) is 1. The SMILES string of the molecule is [CH]N(C)CCCCl. The normalized spacial score (nSPS) is 10.3. The Labute approximate surface area is 50.3 Å². The van der Waals surface area contributed by atoms with Gasteiger partial charge in [0.15, 0.2) is 0 Å². The molecule has 2 radical (unpaired) electrons. The Balaban J connectivity index is 2.68. The van der Waals surface area contributed by atoms with Crippen molar-refractivity contribution in [3.8, 4) is 0 Å². The highest BCUT2D eigenvalue weighted by atomic mass is 35.5. The third-order valence-electron chi connectivity index (χ3n) is 0.644. The van der Waals surface area contributed by atoms with E-state index in [9.17, 15) is 0 Å². The van der Waals surface area contributed by atoms with Crippen LogP contribution in [0.2, 0.25) is 0 Å². The van der Waals surface area contributed by atoms with Crippen molar-refractivity contribution >= 4 is 11.6 Å². The molecule has 0 spiro atoms. The van der Waals surface area contributed by atoms with Gasteiger partial charge in [0.25, 0.3) is 0 Å². The second kappa shape index (κ2) is 4.41. The monoisotopic (exact) mass is 119 g/mol. The Morgan fingerprint density at radius 2 is 2.29 bits per heavy atom. The summed E-state index contributed by atoms with van der Waals surface area (Å²) in [5.41, 5.74) is 0. The first-order valence-corrected chi connectivity index (χ1v) is 2.82. The average molecular weight is 120 g/mol. The van der Waals surface area contributed by atoms with Crippen molar-refractivity contribution in [1.82, 2.24) is 4.90 Å². The summed E-state index contributed by atoms with van der Waals surface area (Å²) < 4.78 is 0. The number of hydrogen-bond acceptors (Lipinski definition) is 1. The molecule has 2 heteroatoms. The highest BCUT2D eigenvalue weighted by Gasteiger charge is 1.85. The predicted molar refractivity (Wildman–Crippen MR) is 32.3 cm³/mol. The van der Waals surface area contributed by atoms with E-state index in [4.69, 9.17) is 18.6 Å². The molecule has 0 fully saturated rings. The van der Waals surface area contributed by atoms with Gasteiger partial charge in [0.1, 0.15) is 0 Å². The van der Waals surface area contributed by atoms with Gasteiger partial charge in [0.2, 0.25) is 0 Å². The quantitative estimate of drug-likeness (QED) is 0.399. The van der Waals surface area contributed by atoms with Crippen LogP contribution in [0, 0.1) is 7.05 Å². The van der Waals surface area contributed by atoms with E-state index in [1.54, 1.807) is 4.90 Å². The zero-order valence-corrected chi connectivity index (χ0v) is 5.28. The summed E-state index contributed by atoms with van der Waals surface area (Å²) in [4.78, 5) is 1.63. The molecule has 0 atom stereocenters. The molecule has 0 N–H and O–H groups in total. The largest absolute Gasteiger partial charge is 0.300 e. The second-order valence-electron chi connectivity index (χ2n) is 1.52. The molecule has 0 amide bonds. The van der Waals surface area contributed by atoms with Crippen LogP contribution in [0.15, 0.2) is 0 Å². The van der Waals surface area contributed by atoms with E-state index in [2.05, 4.69) is 0 Å². The molecule has 0 saturated heterocycles. The number of halogens is 1. The Hall–Kier alpha value is 0.250. The maximum atomic E-state index is 5.36. The van der Waals surface area contributed by atoms with Crippen molar-refractivity contribution in [3.63, 3.8) is 0 Å². The van der Waals surface area contributed by atoms with Crippen molar-refractivity contribution in [2.45, 2.75) is 6.42 Å². The van der Waals surface area contributed by atoms with Gasteiger partial charge in [-0.15, -0.1) is 11.6 Å². The minimum Gasteiger partial charge on any atom is -0.300 e. The first-order chi connectivity index (χ1) is 3.27. The van der Waals surface area contributed by atoms with Crippen LogP contribution in [0.3, 0.4) is 0 Å². The van der Waals surface area contributed by atoms with Crippen LogP contribution in [-0.4, -0.2) is 24.4 Å². The zero-order valence-electron chi connectivity index (χ0n) is 4.52. The fourth-order valence-corrected chi connectivity index (χ4v) is 0.429. The van der Waals surface area contributed by atoms with E-state index in [1.807, 2.05) is 7.05 Å². The highest BCUT2D eigenvalue weighted by Crippen LogP contribution is 1.85. The van der Waals surface area contributed by atoms with Crippen molar-refractivity contribution in [2.24, 2.45) is 0 Å². The molecule has 0 aliphatic carbocycles. The molecule has 0 aliphatic rings.